The summed E-state index contributed by atoms with van der Waals surface area (Å²) in [5.74, 6) is -2.03. The summed E-state index contributed by atoms with van der Waals surface area (Å²) in [4.78, 5) is 31.9. The number of hydrogen-bond acceptors (Lipinski definition) is 5. The van der Waals surface area contributed by atoms with Crippen LogP contribution in [-0.2, 0) is 9.59 Å². The van der Waals surface area contributed by atoms with Gasteiger partial charge >= 0.3 is 11.7 Å². The maximum atomic E-state index is 11.2. The minimum atomic E-state index is -1.15. The molecular weight excluding hydrogens is 280 g/mol. The Balaban J connectivity index is 3.18. The van der Waals surface area contributed by atoms with Gasteiger partial charge in [0.05, 0.1) is 4.92 Å². The van der Waals surface area contributed by atoms with E-state index in [1.807, 2.05) is 0 Å². The Morgan fingerprint density at radius 3 is 2.67 bits per heavy atom. The number of primary amides is 1. The smallest absolute Gasteiger partial charge is 0.328 e. The lowest BCUT2D eigenvalue weighted by Gasteiger charge is -2.14. The van der Waals surface area contributed by atoms with Crippen LogP contribution in [0.5, 0.6) is 5.75 Å². The lowest BCUT2D eigenvalue weighted by atomic mass is 10.1. The lowest BCUT2D eigenvalue weighted by molar-refractivity contribution is -0.386. The monoisotopic (exact) mass is 294 g/mol. The van der Waals surface area contributed by atoms with Crippen LogP contribution in [0.25, 0.3) is 6.08 Å². The van der Waals surface area contributed by atoms with Gasteiger partial charge in [0.25, 0.3) is 5.91 Å². The fourth-order valence-corrected chi connectivity index (χ4v) is 1.54. The standard InChI is InChI=1S/C13H14N2O6/c1-2-10(13(14)18)21-11-7-8(4-6-12(16)17)3-5-9(11)15(19)20/h3-7,10H,2H2,1H3,(H2,14,18)(H,16,17). The van der Waals surface area contributed by atoms with E-state index in [9.17, 15) is 19.7 Å². The van der Waals surface area contributed by atoms with Crippen LogP contribution >= 0.6 is 0 Å². The summed E-state index contributed by atoms with van der Waals surface area (Å²) in [5.41, 5.74) is 5.19. The van der Waals surface area contributed by atoms with E-state index in [1.54, 1.807) is 6.92 Å². The minimum absolute atomic E-state index is 0.141. The number of rotatable bonds is 7. The number of nitrogens with two attached hydrogens (primary N) is 1. The van der Waals surface area contributed by atoms with E-state index in [1.165, 1.54) is 24.3 Å². The summed E-state index contributed by atoms with van der Waals surface area (Å²) in [6, 6.07) is 3.82. The van der Waals surface area contributed by atoms with Crippen molar-refractivity contribution in [1.29, 1.82) is 0 Å². The third kappa shape index (κ3) is 4.60. The second-order valence-electron chi connectivity index (χ2n) is 4.07. The molecule has 0 aliphatic rings. The summed E-state index contributed by atoms with van der Waals surface area (Å²) in [6.45, 7) is 1.65. The molecule has 1 rings (SSSR count). The second-order valence-corrected chi connectivity index (χ2v) is 4.07. The van der Waals surface area contributed by atoms with Crippen LogP contribution < -0.4 is 10.5 Å². The SMILES string of the molecule is CCC(Oc1cc(C=CC(=O)O)ccc1[N+](=O)[O-])C(N)=O. The van der Waals surface area contributed by atoms with Gasteiger partial charge in [-0.2, -0.15) is 0 Å². The van der Waals surface area contributed by atoms with E-state index in [4.69, 9.17) is 15.6 Å². The first-order valence-corrected chi connectivity index (χ1v) is 6.00. The molecule has 0 aliphatic carbocycles. The molecule has 1 aromatic carbocycles. The number of amides is 1. The molecule has 0 saturated carbocycles. The summed E-state index contributed by atoms with van der Waals surface area (Å²) in [5, 5.41) is 19.5. The van der Waals surface area contributed by atoms with Crippen molar-refractivity contribution in [2.24, 2.45) is 5.73 Å². The van der Waals surface area contributed by atoms with Gasteiger partial charge in [-0.05, 0) is 30.2 Å². The number of benzene rings is 1. The average molecular weight is 294 g/mol. The highest BCUT2D eigenvalue weighted by Crippen LogP contribution is 2.29. The molecule has 1 aromatic rings. The Labute approximate surface area is 120 Å². The van der Waals surface area contributed by atoms with E-state index in [2.05, 4.69) is 0 Å². The Kier molecular flexibility index (Phi) is 5.41. The highest BCUT2D eigenvalue weighted by Gasteiger charge is 2.21. The van der Waals surface area contributed by atoms with Crippen molar-refractivity contribution >= 4 is 23.6 Å². The fourth-order valence-electron chi connectivity index (χ4n) is 1.54. The molecule has 1 atom stereocenters. The molecule has 0 heterocycles. The number of carboxylic acid groups (broad SMARTS) is 1. The molecule has 0 spiro atoms. The topological polar surface area (TPSA) is 133 Å². The zero-order valence-electron chi connectivity index (χ0n) is 11.2. The molecule has 3 N–H and O–H groups in total. The zero-order valence-corrected chi connectivity index (χ0v) is 11.2. The van der Waals surface area contributed by atoms with Gasteiger partial charge in [0.1, 0.15) is 0 Å². The molecular formula is C13H14N2O6. The molecule has 0 aromatic heterocycles. The normalized spacial score (nSPS) is 12.0. The molecule has 0 aliphatic heterocycles. The van der Waals surface area contributed by atoms with Crippen molar-refractivity contribution in [3.63, 3.8) is 0 Å². The van der Waals surface area contributed by atoms with E-state index in [0.717, 1.165) is 6.08 Å². The van der Waals surface area contributed by atoms with E-state index in [0.29, 0.717) is 5.56 Å². The summed E-state index contributed by atoms with van der Waals surface area (Å²) in [6.07, 6.45) is 1.39. The van der Waals surface area contributed by atoms with Crippen molar-refractivity contribution in [3.05, 3.63) is 40.0 Å². The third-order valence-corrected chi connectivity index (χ3v) is 2.56. The van der Waals surface area contributed by atoms with Crippen molar-refractivity contribution < 1.29 is 24.4 Å². The highest BCUT2D eigenvalue weighted by molar-refractivity contribution is 5.85. The van der Waals surface area contributed by atoms with Crippen LogP contribution in [0.2, 0.25) is 0 Å². The zero-order chi connectivity index (χ0) is 16.0. The largest absolute Gasteiger partial charge is 0.478 e. The number of hydrogen-bond donors (Lipinski definition) is 2. The van der Waals surface area contributed by atoms with Gasteiger partial charge in [-0.15, -0.1) is 0 Å². The van der Waals surface area contributed by atoms with Gasteiger partial charge < -0.3 is 15.6 Å². The van der Waals surface area contributed by atoms with E-state index >= 15 is 0 Å². The minimum Gasteiger partial charge on any atom is -0.478 e. The van der Waals surface area contributed by atoms with Crippen LogP contribution in [0.3, 0.4) is 0 Å². The number of ether oxygens (including phenoxy) is 1. The molecule has 0 bridgehead atoms. The molecule has 21 heavy (non-hydrogen) atoms. The van der Waals surface area contributed by atoms with Crippen LogP contribution in [0, 0.1) is 10.1 Å². The Bertz CT molecular complexity index is 596. The van der Waals surface area contributed by atoms with Crippen molar-refractivity contribution in [2.45, 2.75) is 19.4 Å². The highest BCUT2D eigenvalue weighted by atomic mass is 16.6. The first kappa shape index (κ1) is 16.2. The maximum absolute atomic E-state index is 11.2. The number of carboxylic acids is 1. The summed E-state index contributed by atoms with van der Waals surface area (Å²) in [7, 11) is 0. The summed E-state index contributed by atoms with van der Waals surface area (Å²) < 4.78 is 5.27. The molecule has 1 amide bonds. The molecule has 0 fully saturated rings. The molecule has 8 heteroatoms. The number of carbonyl (C=O) groups is 2. The van der Waals surface area contributed by atoms with Gasteiger partial charge in [-0.3, -0.25) is 14.9 Å². The van der Waals surface area contributed by atoms with Gasteiger partial charge in [-0.25, -0.2) is 4.79 Å². The molecule has 112 valence electrons. The van der Waals surface area contributed by atoms with Crippen LogP contribution in [0.15, 0.2) is 24.3 Å². The number of nitro benzene ring substituents is 1. The second kappa shape index (κ2) is 7.04. The average Bonchev–Trinajstić information content (AvgIpc) is 2.41. The van der Waals surface area contributed by atoms with E-state index < -0.39 is 22.9 Å². The first-order chi connectivity index (χ1) is 9.85. The van der Waals surface area contributed by atoms with Crippen molar-refractivity contribution in [1.82, 2.24) is 0 Å². The van der Waals surface area contributed by atoms with Crippen LogP contribution in [-0.4, -0.2) is 28.0 Å². The van der Waals surface area contributed by atoms with Gasteiger partial charge in [0, 0.05) is 12.1 Å². The van der Waals surface area contributed by atoms with Crippen LogP contribution in [0.4, 0.5) is 5.69 Å². The number of nitrogens with zero attached hydrogens (tertiary/aromatic N) is 1. The predicted molar refractivity (Wildman–Crippen MR) is 73.7 cm³/mol. The molecule has 1 unspecified atom stereocenters. The predicted octanol–water partition coefficient (Wildman–Crippen LogP) is 1.34. The Hall–Kier alpha value is -2.90. The number of aliphatic carboxylic acids is 1. The van der Waals surface area contributed by atoms with Crippen LogP contribution in [0.1, 0.15) is 18.9 Å². The third-order valence-electron chi connectivity index (χ3n) is 2.56. The first-order valence-electron chi connectivity index (χ1n) is 6.00. The van der Waals surface area contributed by atoms with Crippen molar-refractivity contribution in [3.8, 4) is 5.75 Å². The summed E-state index contributed by atoms with van der Waals surface area (Å²) >= 11 is 0. The fraction of sp³-hybridized carbons (Fsp3) is 0.231. The Morgan fingerprint density at radius 2 is 2.19 bits per heavy atom. The number of nitro groups is 1. The molecule has 0 radical (unpaired) electrons. The van der Waals surface area contributed by atoms with Crippen molar-refractivity contribution in [2.75, 3.05) is 0 Å². The quantitative estimate of drug-likeness (QED) is 0.443. The Morgan fingerprint density at radius 1 is 1.52 bits per heavy atom. The lowest BCUT2D eigenvalue weighted by Crippen LogP contribution is -2.33. The van der Waals surface area contributed by atoms with E-state index in [-0.39, 0.29) is 17.9 Å². The van der Waals surface area contributed by atoms with Gasteiger partial charge in [0.2, 0.25) is 0 Å². The maximum Gasteiger partial charge on any atom is 0.328 e. The number of carbonyl (C=O) groups excluding carboxylic acids is 1. The van der Waals surface area contributed by atoms with Gasteiger partial charge in [0.15, 0.2) is 11.9 Å². The van der Waals surface area contributed by atoms with Gasteiger partial charge in [-0.1, -0.05) is 6.92 Å². The molecule has 8 nitrogen and oxygen atoms in total. The molecule has 0 saturated heterocycles.